The largest absolute Gasteiger partial charge is 0.462 e. The van der Waals surface area contributed by atoms with Crippen molar-refractivity contribution in [3.8, 4) is 17.1 Å². The molecule has 2 atom stereocenters. The topological polar surface area (TPSA) is 79.4 Å². The molecule has 3 aromatic rings. The van der Waals surface area contributed by atoms with Crippen molar-refractivity contribution in [2.75, 3.05) is 38.6 Å². The second kappa shape index (κ2) is 10.8. The fourth-order valence-electron chi connectivity index (χ4n) is 5.45. The minimum atomic E-state index is -0.312. The number of nitrogens with one attached hydrogen (secondary N) is 2. The molecule has 1 saturated heterocycles. The highest BCUT2D eigenvalue weighted by Crippen LogP contribution is 2.40. The van der Waals surface area contributed by atoms with Crippen LogP contribution in [-0.4, -0.2) is 60.1 Å². The molecule has 0 radical (unpaired) electrons. The Morgan fingerprint density at radius 1 is 1.24 bits per heavy atom. The number of hydrogen-bond acceptors (Lipinski definition) is 6. The highest BCUT2D eigenvalue weighted by molar-refractivity contribution is 5.93. The molecule has 1 fully saturated rings. The number of ether oxygens (including phenoxy) is 1. The van der Waals surface area contributed by atoms with Crippen molar-refractivity contribution in [2.24, 2.45) is 0 Å². The van der Waals surface area contributed by atoms with Gasteiger partial charge in [0, 0.05) is 30.1 Å². The normalized spacial score (nSPS) is 19.1. The van der Waals surface area contributed by atoms with Gasteiger partial charge in [-0.1, -0.05) is 31.7 Å². The average Bonchev–Trinajstić information content (AvgIpc) is 3.49. The Hall–Kier alpha value is -3.52. The van der Waals surface area contributed by atoms with Gasteiger partial charge in [0.15, 0.2) is 0 Å². The van der Waals surface area contributed by atoms with Crippen molar-refractivity contribution >= 4 is 22.6 Å². The number of halogens is 1. The van der Waals surface area contributed by atoms with Crippen LogP contribution in [-0.2, 0) is 11.2 Å². The number of hydrogen-bond donors (Lipinski definition) is 2. The summed E-state index contributed by atoms with van der Waals surface area (Å²) in [6, 6.07) is 10.0. The number of benzene rings is 2. The fourth-order valence-corrected chi connectivity index (χ4v) is 5.45. The predicted octanol–water partition coefficient (Wildman–Crippen LogP) is 4.67. The third-order valence-corrected chi connectivity index (χ3v) is 7.60. The number of anilines is 1. The fraction of sp³-hybridized carbons (Fsp3) is 0.414. The summed E-state index contributed by atoms with van der Waals surface area (Å²) >= 11 is 0. The first-order chi connectivity index (χ1) is 17.9. The molecule has 2 heterocycles. The molecule has 1 unspecified atom stereocenters. The molecular formula is C29H34FN5O2. The molecule has 5 rings (SSSR count). The number of nitrogens with zero attached hydrogens (tertiary/aromatic N) is 3. The lowest BCUT2D eigenvalue weighted by Gasteiger charge is -2.19. The van der Waals surface area contributed by atoms with Gasteiger partial charge in [-0.25, -0.2) is 4.39 Å². The van der Waals surface area contributed by atoms with E-state index in [1.54, 1.807) is 0 Å². The number of amides is 1. The minimum absolute atomic E-state index is 0.251. The van der Waals surface area contributed by atoms with Gasteiger partial charge in [0.1, 0.15) is 18.2 Å². The highest BCUT2D eigenvalue weighted by Gasteiger charge is 2.24. The molecular weight excluding hydrogens is 469 g/mol. The van der Waals surface area contributed by atoms with Gasteiger partial charge in [0.05, 0.1) is 5.52 Å². The van der Waals surface area contributed by atoms with E-state index in [2.05, 4.69) is 52.1 Å². The Kier molecular flexibility index (Phi) is 7.37. The van der Waals surface area contributed by atoms with E-state index in [0.29, 0.717) is 53.9 Å². The Morgan fingerprint density at radius 2 is 2.11 bits per heavy atom. The van der Waals surface area contributed by atoms with Crippen molar-refractivity contribution in [2.45, 2.75) is 44.6 Å². The van der Waals surface area contributed by atoms with Crippen molar-refractivity contribution in [3.05, 3.63) is 59.9 Å². The summed E-state index contributed by atoms with van der Waals surface area (Å²) in [5.41, 5.74) is 4.61. The summed E-state index contributed by atoms with van der Waals surface area (Å²) in [5.74, 6) is 0.393. The first kappa shape index (κ1) is 25.1. The maximum Gasteiger partial charge on any atom is 0.318 e. The number of carbonyl (C=O) groups excluding carboxylic acids is 1. The summed E-state index contributed by atoms with van der Waals surface area (Å²) in [6.07, 6.45) is 5.47. The summed E-state index contributed by atoms with van der Waals surface area (Å²) in [5, 5.41) is 6.52. The first-order valence-electron chi connectivity index (χ1n) is 13.0. The summed E-state index contributed by atoms with van der Waals surface area (Å²) in [4.78, 5) is 23.0. The lowest BCUT2D eigenvalue weighted by atomic mass is 9.94. The molecule has 0 spiro atoms. The molecule has 1 aliphatic carbocycles. The maximum absolute atomic E-state index is 15.6. The zero-order valence-electron chi connectivity index (χ0n) is 21.5. The van der Waals surface area contributed by atoms with Crippen LogP contribution < -0.4 is 15.4 Å². The lowest BCUT2D eigenvalue weighted by Crippen LogP contribution is -2.31. The molecule has 0 bridgehead atoms. The van der Waals surface area contributed by atoms with Gasteiger partial charge in [0.2, 0.25) is 5.91 Å². The Bertz CT molecular complexity index is 1330. The number of aromatic nitrogens is 2. The summed E-state index contributed by atoms with van der Waals surface area (Å²) < 4.78 is 21.7. The first-order valence-corrected chi connectivity index (χ1v) is 13.0. The van der Waals surface area contributed by atoms with Gasteiger partial charge in [0.25, 0.3) is 0 Å². The van der Waals surface area contributed by atoms with E-state index >= 15 is 4.39 Å². The number of rotatable bonds is 9. The third kappa shape index (κ3) is 5.30. The van der Waals surface area contributed by atoms with E-state index in [-0.39, 0.29) is 17.7 Å². The average molecular weight is 504 g/mol. The Labute approximate surface area is 217 Å². The molecule has 0 saturated carbocycles. The molecule has 2 aromatic carbocycles. The second-order valence-electron chi connectivity index (χ2n) is 10.0. The van der Waals surface area contributed by atoms with Crippen LogP contribution in [0, 0.1) is 5.82 Å². The van der Waals surface area contributed by atoms with Crippen LogP contribution in [0.25, 0.3) is 22.0 Å². The predicted molar refractivity (Wildman–Crippen MR) is 145 cm³/mol. The van der Waals surface area contributed by atoms with Crippen molar-refractivity contribution in [3.63, 3.8) is 0 Å². The van der Waals surface area contributed by atoms with Gasteiger partial charge in [-0.3, -0.25) is 4.79 Å². The van der Waals surface area contributed by atoms with E-state index < -0.39 is 0 Å². The van der Waals surface area contributed by atoms with Crippen molar-refractivity contribution in [1.29, 1.82) is 0 Å². The van der Waals surface area contributed by atoms with E-state index in [9.17, 15) is 4.79 Å². The monoisotopic (exact) mass is 503 g/mol. The van der Waals surface area contributed by atoms with Crippen LogP contribution in [0.2, 0.25) is 0 Å². The number of fused-ring (bicyclic) bond motifs is 2. The molecule has 8 heteroatoms. The molecule has 7 nitrogen and oxygen atoms in total. The van der Waals surface area contributed by atoms with E-state index in [1.165, 1.54) is 23.3 Å². The van der Waals surface area contributed by atoms with Crippen LogP contribution in [0.5, 0.6) is 6.01 Å². The number of carbonyl (C=O) groups is 1. The van der Waals surface area contributed by atoms with Gasteiger partial charge in [-0.2, -0.15) is 9.97 Å². The highest BCUT2D eigenvalue weighted by atomic mass is 19.1. The summed E-state index contributed by atoms with van der Waals surface area (Å²) in [7, 11) is 2.10. The number of likely N-dealkylation sites (tertiary alicyclic amines) is 1. The van der Waals surface area contributed by atoms with Crippen LogP contribution in [0.1, 0.15) is 43.2 Å². The molecule has 1 aliphatic heterocycles. The summed E-state index contributed by atoms with van der Waals surface area (Å²) in [6.45, 7) is 8.01. The second-order valence-corrected chi connectivity index (χ2v) is 10.0. The minimum Gasteiger partial charge on any atom is -0.462 e. The van der Waals surface area contributed by atoms with Crippen LogP contribution in [0.4, 0.5) is 10.2 Å². The maximum atomic E-state index is 15.6. The van der Waals surface area contributed by atoms with E-state index in [0.717, 1.165) is 37.8 Å². The van der Waals surface area contributed by atoms with E-state index in [4.69, 9.17) is 4.74 Å². The Morgan fingerprint density at radius 3 is 2.89 bits per heavy atom. The molecule has 2 aliphatic rings. The van der Waals surface area contributed by atoms with E-state index in [1.807, 2.05) is 18.2 Å². The van der Waals surface area contributed by atoms with Crippen LogP contribution in [0.3, 0.4) is 0 Å². The number of likely N-dealkylation sites (N-methyl/N-ethyl adjacent to an activating group) is 1. The third-order valence-electron chi connectivity index (χ3n) is 7.60. The van der Waals surface area contributed by atoms with Gasteiger partial charge < -0.3 is 20.3 Å². The lowest BCUT2D eigenvalue weighted by molar-refractivity contribution is -0.116. The quantitative estimate of drug-likeness (QED) is 0.326. The zero-order valence-corrected chi connectivity index (χ0v) is 21.5. The van der Waals surface area contributed by atoms with Gasteiger partial charge in [-0.05, 0) is 80.1 Å². The van der Waals surface area contributed by atoms with Crippen LogP contribution in [0.15, 0.2) is 43.0 Å². The zero-order chi connectivity index (χ0) is 25.9. The van der Waals surface area contributed by atoms with Crippen molar-refractivity contribution < 1.29 is 13.9 Å². The SMILES string of the molecule is C=CC(=O)NCCNc1nc(OC[C@@H]2CCCN2C)nc2cc(-c3cccc4c3CCC4C)c(F)cc12. The van der Waals surface area contributed by atoms with Gasteiger partial charge in [-0.15, -0.1) is 0 Å². The molecule has 194 valence electrons. The smallest absolute Gasteiger partial charge is 0.318 e. The molecule has 2 N–H and O–H groups in total. The molecule has 37 heavy (non-hydrogen) atoms. The van der Waals surface area contributed by atoms with Crippen LogP contribution >= 0.6 is 0 Å². The van der Waals surface area contributed by atoms with Gasteiger partial charge >= 0.3 is 6.01 Å². The van der Waals surface area contributed by atoms with Crippen molar-refractivity contribution in [1.82, 2.24) is 20.2 Å². The molecule has 1 amide bonds. The standard InChI is InChI=1S/C29H34FN5O2/c1-4-27(36)31-12-13-32-28-24-15-25(30)23(21-9-5-8-20-18(2)10-11-22(20)21)16-26(24)33-29(34-28)37-17-19-7-6-14-35(19)3/h4-5,8-9,15-16,18-19H,1,6-7,10-14,17H2,2-3H3,(H,31,36)(H,32,33,34)/t18?,19-/m0/s1. The Balaban J connectivity index is 1.49. The molecule has 1 aromatic heterocycles.